The summed E-state index contributed by atoms with van der Waals surface area (Å²) in [7, 11) is 3.86. The molecule has 7 heterocycles. The quantitative estimate of drug-likeness (QED) is 0.0726. The van der Waals surface area contributed by atoms with E-state index in [0.29, 0.717) is 110 Å². The summed E-state index contributed by atoms with van der Waals surface area (Å²) < 4.78 is 3.90. The van der Waals surface area contributed by atoms with Crippen LogP contribution in [0, 0.1) is 28.6 Å². The third kappa shape index (κ3) is 15.1. The lowest BCUT2D eigenvalue weighted by molar-refractivity contribution is -0.129. The Morgan fingerprint density at radius 1 is 0.612 bits per heavy atom. The number of hydrogen-bond acceptors (Lipinski definition) is 11. The normalized spacial score (nSPS) is 15.7. The van der Waals surface area contributed by atoms with E-state index in [1.54, 1.807) is 23.5 Å². The van der Waals surface area contributed by atoms with Crippen molar-refractivity contribution >= 4 is 115 Å². The summed E-state index contributed by atoms with van der Waals surface area (Å²) in [4.78, 5) is 77.4. The molecule has 10 rings (SSSR count). The second-order valence-electron chi connectivity index (χ2n) is 25.5. The number of imidazole rings is 2. The molecule has 2 aromatic carbocycles. The van der Waals surface area contributed by atoms with E-state index in [2.05, 4.69) is 44.9 Å². The minimum Gasteiger partial charge on any atom is -0.356 e. The Labute approximate surface area is 523 Å². The number of halogens is 4. The van der Waals surface area contributed by atoms with Crippen LogP contribution in [0.4, 0.5) is 11.6 Å². The number of hydrogen-bond donors (Lipinski definition) is 4. The SMILES string of the molecule is CC1CCN(c2nc3c(cc2C(=O)NC(C)c2cccs2)nc(Cc2c(Cl)ccc(CNC(=O)C(C)(C)C)c2Cl)n3C)CC1.CC1CCN(c2nc3c(cc2C(=O)NCC2CC2)nc(Cc2c(Cl)ccc(CNC(=O)C(C)(C)C)c2Cl)n3C)CC1. The molecule has 1 atom stereocenters. The van der Waals surface area contributed by atoms with Crippen LogP contribution in [0.2, 0.25) is 20.1 Å². The van der Waals surface area contributed by atoms with E-state index in [0.717, 1.165) is 96.5 Å². The lowest BCUT2D eigenvalue weighted by Gasteiger charge is -2.32. The van der Waals surface area contributed by atoms with Crippen LogP contribution in [0.3, 0.4) is 0 Å². The molecule has 454 valence electrons. The van der Waals surface area contributed by atoms with Crippen molar-refractivity contribution in [3.05, 3.63) is 124 Å². The molecule has 7 aromatic rings. The minimum absolute atomic E-state index is 0.0533. The van der Waals surface area contributed by atoms with Crippen LogP contribution in [0.1, 0.15) is 166 Å². The van der Waals surface area contributed by atoms with Crippen LogP contribution < -0.4 is 31.1 Å². The largest absolute Gasteiger partial charge is 0.356 e. The van der Waals surface area contributed by atoms with Crippen molar-refractivity contribution in [1.82, 2.24) is 50.3 Å². The fraction of sp³-hybridized carbons (Fsp3) is 0.500. The zero-order chi connectivity index (χ0) is 61.2. The number of nitrogens with one attached hydrogen (secondary N) is 4. The molecule has 0 radical (unpaired) electrons. The van der Waals surface area contributed by atoms with Gasteiger partial charge < -0.3 is 40.2 Å². The van der Waals surface area contributed by atoms with Gasteiger partial charge in [-0.2, -0.15) is 0 Å². The Kier molecular flexibility index (Phi) is 19.8. The summed E-state index contributed by atoms with van der Waals surface area (Å²) >= 11 is 28.6. The van der Waals surface area contributed by atoms with Crippen molar-refractivity contribution in [3.8, 4) is 0 Å². The molecule has 3 fully saturated rings. The average Bonchev–Trinajstić information content (AvgIpc) is 1.97. The Bertz CT molecular complexity index is 3600. The predicted octanol–water partition coefficient (Wildman–Crippen LogP) is 13.2. The van der Waals surface area contributed by atoms with E-state index in [-0.39, 0.29) is 29.7 Å². The average molecular weight is 1260 g/mol. The molecule has 5 aromatic heterocycles. The van der Waals surface area contributed by atoms with E-state index < -0.39 is 10.8 Å². The maximum absolute atomic E-state index is 13.7. The van der Waals surface area contributed by atoms with Crippen LogP contribution in [-0.2, 0) is 49.6 Å². The number of carbonyl (C=O) groups is 4. The van der Waals surface area contributed by atoms with E-state index in [9.17, 15) is 19.2 Å². The van der Waals surface area contributed by atoms with Crippen LogP contribution >= 0.6 is 57.7 Å². The summed E-state index contributed by atoms with van der Waals surface area (Å²) in [6.07, 6.45) is 7.33. The van der Waals surface area contributed by atoms with Gasteiger partial charge in [-0.05, 0) is 121 Å². The fourth-order valence-electron chi connectivity index (χ4n) is 10.5. The molecule has 16 nitrogen and oxygen atoms in total. The first-order valence-electron chi connectivity index (χ1n) is 29.6. The van der Waals surface area contributed by atoms with Crippen LogP contribution in [0.25, 0.3) is 22.3 Å². The van der Waals surface area contributed by atoms with E-state index >= 15 is 0 Å². The van der Waals surface area contributed by atoms with Gasteiger partial charge in [0.2, 0.25) is 11.8 Å². The summed E-state index contributed by atoms with van der Waals surface area (Å²) in [6, 6.07) is 14.9. The molecule has 4 amide bonds. The molecule has 2 aliphatic heterocycles. The fourth-order valence-corrected chi connectivity index (χ4v) is 12.4. The molecule has 1 unspecified atom stereocenters. The first-order valence-corrected chi connectivity index (χ1v) is 32.0. The van der Waals surface area contributed by atoms with Crippen molar-refractivity contribution < 1.29 is 19.2 Å². The highest BCUT2D eigenvalue weighted by Gasteiger charge is 2.31. The maximum atomic E-state index is 13.7. The number of piperidine rings is 2. The summed E-state index contributed by atoms with van der Waals surface area (Å²) in [5.74, 6) is 4.37. The van der Waals surface area contributed by atoms with Crippen LogP contribution in [0.5, 0.6) is 0 Å². The zero-order valence-corrected chi connectivity index (χ0v) is 54.6. The topological polar surface area (TPSA) is 184 Å². The Hall–Kier alpha value is -5.98. The number of nitrogens with zero attached hydrogens (tertiary/aromatic N) is 8. The van der Waals surface area contributed by atoms with Gasteiger partial charge in [0, 0.05) is 98.5 Å². The molecule has 1 aliphatic carbocycles. The lowest BCUT2D eigenvalue weighted by atomic mass is 9.95. The molecule has 4 N–H and O–H groups in total. The molecular formula is C64H80Cl4N12O4S. The van der Waals surface area contributed by atoms with Gasteiger partial charge in [-0.1, -0.05) is 120 Å². The number of anilines is 2. The number of thiophene rings is 1. The van der Waals surface area contributed by atoms with Gasteiger partial charge in [-0.3, -0.25) is 19.2 Å². The standard InChI is InChI=1S/C33H40Cl2N6O2S.C31H40Cl2N6O2/c1-19-11-13-41(14-12-19)29-23(31(42)37-20(2)26-8-7-15-44-26)16-25-30(39-29)40(6)27(38-25)17-22-24(34)10-9-21(28(22)35)18-36-32(43)33(3,4)5;1-18-10-12-39(13-11-18)27-22(29(40)34-16-19-6-7-19)14-24-28(37-27)38(5)25(36-24)15-21-23(32)9-8-20(26(21)33)17-35-30(41)31(2,3)4/h7-10,15-16,19-20H,11-14,17-18H2,1-6H3,(H,36,43)(H,37,42);8-9,14,18-19H,6-7,10-13,15-17H2,1-5H3,(H,34,40)(H,35,41). The molecular weight excluding hydrogens is 1170 g/mol. The van der Waals surface area contributed by atoms with Gasteiger partial charge in [-0.25, -0.2) is 19.9 Å². The number of aryl methyl sites for hydroxylation is 2. The minimum atomic E-state index is -0.509. The highest BCUT2D eigenvalue weighted by atomic mass is 35.5. The maximum Gasteiger partial charge on any atom is 0.255 e. The van der Waals surface area contributed by atoms with Crippen molar-refractivity contribution in [3.63, 3.8) is 0 Å². The molecule has 0 spiro atoms. The van der Waals surface area contributed by atoms with E-state index in [4.69, 9.17) is 66.3 Å². The molecule has 1 saturated carbocycles. The van der Waals surface area contributed by atoms with Gasteiger partial charge >= 0.3 is 0 Å². The van der Waals surface area contributed by atoms with Gasteiger partial charge in [0.05, 0.1) is 27.2 Å². The number of pyridine rings is 2. The second-order valence-corrected chi connectivity index (χ2v) is 28.0. The zero-order valence-electron chi connectivity index (χ0n) is 50.7. The van der Waals surface area contributed by atoms with Crippen LogP contribution in [-0.4, -0.2) is 85.4 Å². The smallest absolute Gasteiger partial charge is 0.255 e. The van der Waals surface area contributed by atoms with Gasteiger partial charge in [-0.15, -0.1) is 11.3 Å². The number of rotatable bonds is 16. The number of carbonyl (C=O) groups excluding carboxylic acids is 4. The highest BCUT2D eigenvalue weighted by Crippen LogP contribution is 2.36. The van der Waals surface area contributed by atoms with Crippen molar-refractivity contribution in [2.75, 3.05) is 42.5 Å². The number of benzene rings is 2. The van der Waals surface area contributed by atoms with Gasteiger partial charge in [0.25, 0.3) is 11.8 Å². The molecule has 3 aliphatic rings. The van der Waals surface area contributed by atoms with Crippen molar-refractivity contribution in [2.24, 2.45) is 42.7 Å². The third-order valence-corrected chi connectivity index (χ3v) is 19.2. The molecule has 85 heavy (non-hydrogen) atoms. The number of aromatic nitrogens is 6. The lowest BCUT2D eigenvalue weighted by Crippen LogP contribution is -2.36. The number of fused-ring (bicyclic) bond motifs is 2. The molecule has 21 heteroatoms. The highest BCUT2D eigenvalue weighted by molar-refractivity contribution is 7.10. The van der Waals surface area contributed by atoms with Gasteiger partial charge in [0.15, 0.2) is 11.3 Å². The first kappa shape index (κ1) is 63.5. The van der Waals surface area contributed by atoms with Gasteiger partial charge in [0.1, 0.15) is 34.3 Å². The Morgan fingerprint density at radius 2 is 1.05 bits per heavy atom. The Morgan fingerprint density at radius 3 is 1.45 bits per heavy atom. The summed E-state index contributed by atoms with van der Waals surface area (Å²) in [6.45, 7) is 22.5. The number of amides is 4. The predicted molar refractivity (Wildman–Crippen MR) is 345 cm³/mol. The monoisotopic (exact) mass is 1250 g/mol. The van der Waals surface area contributed by atoms with Crippen LogP contribution in [0.15, 0.2) is 53.9 Å². The second kappa shape index (κ2) is 26.6. The van der Waals surface area contributed by atoms with Crippen molar-refractivity contribution in [1.29, 1.82) is 0 Å². The molecule has 2 saturated heterocycles. The third-order valence-electron chi connectivity index (χ3n) is 16.5. The van der Waals surface area contributed by atoms with E-state index in [1.165, 1.54) is 12.8 Å². The summed E-state index contributed by atoms with van der Waals surface area (Å²) in [5.41, 5.74) is 5.82. The Balaban J connectivity index is 0.000000204. The summed E-state index contributed by atoms with van der Waals surface area (Å²) in [5, 5.41) is 16.3. The van der Waals surface area contributed by atoms with Crippen molar-refractivity contribution in [2.45, 2.75) is 133 Å². The first-order chi connectivity index (χ1) is 40.2. The molecule has 0 bridgehead atoms. The van der Waals surface area contributed by atoms with E-state index in [1.807, 2.05) is 113 Å².